The average molecular weight is 304 g/mol. The van der Waals surface area contributed by atoms with Gasteiger partial charge in [0.05, 0.1) is 0 Å². The Morgan fingerprint density at radius 2 is 1.67 bits per heavy atom. The molecule has 0 saturated carbocycles. The van der Waals surface area contributed by atoms with Gasteiger partial charge < -0.3 is 5.11 Å². The van der Waals surface area contributed by atoms with Crippen molar-refractivity contribution in [1.82, 2.24) is 0 Å². The van der Waals surface area contributed by atoms with E-state index in [2.05, 4.69) is 0 Å². The molecule has 0 amide bonds. The standard InChI is InChI=1S/C17H14F2OS/c1-9-5-12(6-10(2)16(9)19)17(20)15-7-11-3-4-13(18)8-14(11)21-15/h3-8,17,20H,1-2H3. The third-order valence-corrected chi connectivity index (χ3v) is 4.70. The van der Waals surface area contributed by atoms with Gasteiger partial charge in [-0.3, -0.25) is 0 Å². The summed E-state index contributed by atoms with van der Waals surface area (Å²) in [6.45, 7) is 3.36. The van der Waals surface area contributed by atoms with Gasteiger partial charge in [-0.25, -0.2) is 8.78 Å². The monoisotopic (exact) mass is 304 g/mol. The highest BCUT2D eigenvalue weighted by Crippen LogP contribution is 2.34. The lowest BCUT2D eigenvalue weighted by Gasteiger charge is -2.12. The molecule has 1 nitrogen and oxygen atoms in total. The Kier molecular flexibility index (Phi) is 3.51. The second kappa shape index (κ2) is 5.20. The fourth-order valence-electron chi connectivity index (χ4n) is 2.46. The van der Waals surface area contributed by atoms with Crippen LogP contribution in [0, 0.1) is 25.5 Å². The van der Waals surface area contributed by atoms with Crippen molar-refractivity contribution in [1.29, 1.82) is 0 Å². The van der Waals surface area contributed by atoms with Crippen molar-refractivity contribution in [2.45, 2.75) is 20.0 Å². The normalized spacial score (nSPS) is 12.8. The van der Waals surface area contributed by atoms with Crippen LogP contribution in [0.2, 0.25) is 0 Å². The summed E-state index contributed by atoms with van der Waals surface area (Å²) in [4.78, 5) is 0.723. The van der Waals surface area contributed by atoms with Crippen LogP contribution in [0.1, 0.15) is 27.7 Å². The maximum absolute atomic E-state index is 13.7. The van der Waals surface area contributed by atoms with Crippen LogP contribution in [0.3, 0.4) is 0 Å². The van der Waals surface area contributed by atoms with Crippen molar-refractivity contribution in [3.8, 4) is 0 Å². The second-order valence-corrected chi connectivity index (χ2v) is 6.32. The van der Waals surface area contributed by atoms with E-state index < -0.39 is 6.10 Å². The highest BCUT2D eigenvalue weighted by Gasteiger charge is 2.16. The van der Waals surface area contributed by atoms with Crippen molar-refractivity contribution in [3.63, 3.8) is 0 Å². The number of aryl methyl sites for hydroxylation is 2. The molecule has 0 radical (unpaired) electrons. The smallest absolute Gasteiger partial charge is 0.129 e. The highest BCUT2D eigenvalue weighted by atomic mass is 32.1. The summed E-state index contributed by atoms with van der Waals surface area (Å²) in [5.41, 5.74) is 1.67. The lowest BCUT2D eigenvalue weighted by molar-refractivity contribution is 0.224. The van der Waals surface area contributed by atoms with Crippen molar-refractivity contribution < 1.29 is 13.9 Å². The van der Waals surface area contributed by atoms with E-state index in [9.17, 15) is 13.9 Å². The molecule has 108 valence electrons. The molecule has 3 aromatic rings. The first-order valence-corrected chi connectivity index (χ1v) is 7.41. The molecule has 1 atom stereocenters. The summed E-state index contributed by atoms with van der Waals surface area (Å²) < 4.78 is 27.7. The minimum atomic E-state index is -0.830. The highest BCUT2D eigenvalue weighted by molar-refractivity contribution is 7.19. The number of aliphatic hydroxyl groups excluding tert-OH is 1. The molecule has 0 aliphatic rings. The van der Waals surface area contributed by atoms with E-state index >= 15 is 0 Å². The topological polar surface area (TPSA) is 20.2 Å². The summed E-state index contributed by atoms with van der Waals surface area (Å²) in [6.07, 6.45) is -0.830. The Balaban J connectivity index is 2.05. The number of hydrogen-bond acceptors (Lipinski definition) is 2. The number of aliphatic hydroxyl groups is 1. The van der Waals surface area contributed by atoms with E-state index in [1.165, 1.54) is 23.5 Å². The predicted molar refractivity (Wildman–Crippen MR) is 81.7 cm³/mol. The maximum Gasteiger partial charge on any atom is 0.129 e. The summed E-state index contributed by atoms with van der Waals surface area (Å²) in [5, 5.41) is 11.4. The summed E-state index contributed by atoms with van der Waals surface area (Å²) in [5.74, 6) is -0.539. The van der Waals surface area contributed by atoms with Crippen LogP contribution in [0.5, 0.6) is 0 Å². The van der Waals surface area contributed by atoms with Gasteiger partial charge >= 0.3 is 0 Å². The molecule has 21 heavy (non-hydrogen) atoms. The van der Waals surface area contributed by atoms with Crippen LogP contribution in [-0.2, 0) is 0 Å². The average Bonchev–Trinajstić information content (AvgIpc) is 2.86. The summed E-state index contributed by atoms with van der Waals surface area (Å²) in [6, 6.07) is 9.70. The zero-order valence-electron chi connectivity index (χ0n) is 11.7. The molecule has 4 heteroatoms. The van der Waals surface area contributed by atoms with Gasteiger partial charge in [0.1, 0.15) is 17.7 Å². The number of fused-ring (bicyclic) bond motifs is 1. The van der Waals surface area contributed by atoms with Crippen molar-refractivity contribution >= 4 is 21.4 Å². The van der Waals surface area contributed by atoms with Gasteiger partial charge in [-0.2, -0.15) is 0 Å². The van der Waals surface area contributed by atoms with Crippen LogP contribution in [0.25, 0.3) is 10.1 Å². The number of halogens is 2. The van der Waals surface area contributed by atoms with Crippen molar-refractivity contribution in [2.24, 2.45) is 0 Å². The van der Waals surface area contributed by atoms with Crippen molar-refractivity contribution in [2.75, 3.05) is 0 Å². The van der Waals surface area contributed by atoms with E-state index in [1.807, 2.05) is 6.07 Å². The molecule has 2 aromatic carbocycles. The predicted octanol–water partition coefficient (Wildman–Crippen LogP) is 4.88. The van der Waals surface area contributed by atoms with Gasteiger partial charge in [-0.15, -0.1) is 11.3 Å². The molecule has 0 aliphatic carbocycles. The molecule has 0 aliphatic heterocycles. The van der Waals surface area contributed by atoms with Crippen LogP contribution in [0.4, 0.5) is 8.78 Å². The zero-order valence-corrected chi connectivity index (χ0v) is 12.5. The van der Waals surface area contributed by atoms with Crippen LogP contribution in [0.15, 0.2) is 36.4 Å². The second-order valence-electron chi connectivity index (χ2n) is 5.20. The lowest BCUT2D eigenvalue weighted by atomic mass is 10.0. The molecule has 1 heterocycles. The first-order valence-electron chi connectivity index (χ1n) is 6.59. The Morgan fingerprint density at radius 3 is 2.33 bits per heavy atom. The Hall–Kier alpha value is -1.78. The van der Waals surface area contributed by atoms with E-state index in [-0.39, 0.29) is 11.6 Å². The first-order chi connectivity index (χ1) is 9.95. The van der Waals surface area contributed by atoms with E-state index in [0.717, 1.165) is 15.0 Å². The Labute approximate surface area is 125 Å². The first kappa shape index (κ1) is 14.2. The number of benzene rings is 2. The zero-order chi connectivity index (χ0) is 15.1. The molecule has 0 spiro atoms. The number of thiophene rings is 1. The van der Waals surface area contributed by atoms with Crippen LogP contribution in [-0.4, -0.2) is 5.11 Å². The minimum Gasteiger partial charge on any atom is -0.383 e. The number of hydrogen-bond donors (Lipinski definition) is 1. The molecule has 0 saturated heterocycles. The molecule has 3 rings (SSSR count). The van der Waals surface area contributed by atoms with E-state index in [4.69, 9.17) is 0 Å². The summed E-state index contributed by atoms with van der Waals surface area (Å²) >= 11 is 1.35. The molecular formula is C17H14F2OS. The van der Waals surface area contributed by atoms with Gasteiger partial charge in [0, 0.05) is 9.58 Å². The van der Waals surface area contributed by atoms with E-state index in [1.54, 1.807) is 32.0 Å². The fourth-order valence-corrected chi connectivity index (χ4v) is 3.57. The van der Waals surface area contributed by atoms with Crippen molar-refractivity contribution in [3.05, 3.63) is 69.6 Å². The molecular weight excluding hydrogens is 290 g/mol. The lowest BCUT2D eigenvalue weighted by Crippen LogP contribution is -2.00. The van der Waals surface area contributed by atoms with Gasteiger partial charge in [0.2, 0.25) is 0 Å². The van der Waals surface area contributed by atoms with Crippen LogP contribution < -0.4 is 0 Å². The van der Waals surface area contributed by atoms with Gasteiger partial charge in [-0.05, 0) is 54.1 Å². The molecule has 1 aromatic heterocycles. The molecule has 1 unspecified atom stereocenters. The molecule has 0 fully saturated rings. The summed E-state index contributed by atoms with van der Waals surface area (Å²) in [7, 11) is 0. The Morgan fingerprint density at radius 1 is 1.00 bits per heavy atom. The largest absolute Gasteiger partial charge is 0.383 e. The third kappa shape index (κ3) is 2.57. The molecule has 1 N–H and O–H groups in total. The maximum atomic E-state index is 13.7. The van der Waals surface area contributed by atoms with E-state index in [0.29, 0.717) is 16.7 Å². The number of rotatable bonds is 2. The molecule has 0 bridgehead atoms. The van der Waals surface area contributed by atoms with Gasteiger partial charge in [0.15, 0.2) is 0 Å². The fraction of sp³-hybridized carbons (Fsp3) is 0.176. The quantitative estimate of drug-likeness (QED) is 0.715. The SMILES string of the molecule is Cc1cc(C(O)c2cc3ccc(F)cc3s2)cc(C)c1F. The Bertz CT molecular complexity index is 800. The third-order valence-electron chi connectivity index (χ3n) is 3.55. The minimum absolute atomic E-state index is 0.246. The van der Waals surface area contributed by atoms with Gasteiger partial charge in [-0.1, -0.05) is 18.2 Å². The van der Waals surface area contributed by atoms with Gasteiger partial charge in [0.25, 0.3) is 0 Å². The van der Waals surface area contributed by atoms with Crippen LogP contribution >= 0.6 is 11.3 Å².